The summed E-state index contributed by atoms with van der Waals surface area (Å²) in [5.41, 5.74) is 0. The predicted molar refractivity (Wildman–Crippen MR) is 290 cm³/mol. The van der Waals surface area contributed by atoms with Gasteiger partial charge in [-0.3, -0.25) is 4.79 Å². The van der Waals surface area contributed by atoms with Gasteiger partial charge in [-0.15, -0.1) is 0 Å². The lowest BCUT2D eigenvalue weighted by molar-refractivity contribution is -0.302. The highest BCUT2D eigenvalue weighted by Crippen LogP contribution is 2.23. The Morgan fingerprint density at radius 2 is 0.826 bits per heavy atom. The van der Waals surface area contributed by atoms with Crippen LogP contribution in [-0.2, 0) is 14.3 Å². The quantitative estimate of drug-likeness (QED) is 0.0261. The summed E-state index contributed by atoms with van der Waals surface area (Å²) < 4.78 is 11.3. The molecule has 7 unspecified atom stereocenters. The maximum atomic E-state index is 13.1. The summed E-state index contributed by atoms with van der Waals surface area (Å²) in [7, 11) is 0. The Morgan fingerprint density at radius 3 is 1.22 bits per heavy atom. The van der Waals surface area contributed by atoms with Crippen LogP contribution in [0.25, 0.3) is 0 Å². The highest BCUT2D eigenvalue weighted by Gasteiger charge is 2.44. The number of carbonyl (C=O) groups excluding carboxylic acids is 1. The molecule has 406 valence electrons. The number of unbranched alkanes of at least 4 members (excludes halogenated alkanes) is 37. The second kappa shape index (κ2) is 50.0. The van der Waals surface area contributed by atoms with Crippen LogP contribution in [0.1, 0.15) is 284 Å². The molecule has 0 aromatic carbocycles. The molecule has 1 rings (SSSR count). The molecule has 9 nitrogen and oxygen atoms in total. The van der Waals surface area contributed by atoms with Crippen molar-refractivity contribution < 1.29 is 39.8 Å². The Morgan fingerprint density at radius 1 is 0.478 bits per heavy atom. The summed E-state index contributed by atoms with van der Waals surface area (Å²) in [6.45, 7) is 3.79. The summed E-state index contributed by atoms with van der Waals surface area (Å²) in [5, 5.41) is 54.5. The lowest BCUT2D eigenvalue weighted by Gasteiger charge is -2.40. The van der Waals surface area contributed by atoms with E-state index in [2.05, 4.69) is 43.5 Å². The largest absolute Gasteiger partial charge is 0.394 e. The van der Waals surface area contributed by atoms with Gasteiger partial charge in [0.15, 0.2) is 6.29 Å². The smallest absolute Gasteiger partial charge is 0.220 e. The molecule has 1 heterocycles. The van der Waals surface area contributed by atoms with Gasteiger partial charge in [0, 0.05) is 6.42 Å². The van der Waals surface area contributed by atoms with E-state index in [1.165, 1.54) is 225 Å². The van der Waals surface area contributed by atoms with Crippen molar-refractivity contribution in [3.05, 3.63) is 36.5 Å². The lowest BCUT2D eigenvalue weighted by atomic mass is 9.99. The fraction of sp³-hybridized carbons (Fsp3) is 0.883. The molecule has 0 radical (unpaired) electrons. The minimum atomic E-state index is -1.57. The minimum absolute atomic E-state index is 0.183. The molecule has 7 atom stereocenters. The normalized spacial score (nSPS) is 19.7. The van der Waals surface area contributed by atoms with Gasteiger partial charge in [-0.05, 0) is 57.8 Å². The zero-order valence-corrected chi connectivity index (χ0v) is 45.1. The number of nitrogens with one attached hydrogen (secondary N) is 1. The molecule has 0 aromatic heterocycles. The van der Waals surface area contributed by atoms with Crippen molar-refractivity contribution in [2.24, 2.45) is 0 Å². The molecule has 1 aliphatic heterocycles. The molecular formula is C60H113NO8. The molecule has 9 heteroatoms. The van der Waals surface area contributed by atoms with E-state index >= 15 is 0 Å². The van der Waals surface area contributed by atoms with Crippen LogP contribution in [0.2, 0.25) is 0 Å². The van der Waals surface area contributed by atoms with Gasteiger partial charge in [-0.2, -0.15) is 0 Å². The zero-order chi connectivity index (χ0) is 50.1. The van der Waals surface area contributed by atoms with Crippen molar-refractivity contribution in [2.45, 2.75) is 326 Å². The Labute approximate surface area is 425 Å². The molecule has 69 heavy (non-hydrogen) atoms. The predicted octanol–water partition coefficient (Wildman–Crippen LogP) is 14.7. The number of amides is 1. The van der Waals surface area contributed by atoms with Gasteiger partial charge >= 0.3 is 0 Å². The number of aliphatic hydroxyl groups excluding tert-OH is 5. The van der Waals surface area contributed by atoms with E-state index in [9.17, 15) is 30.3 Å². The Balaban J connectivity index is 2.23. The van der Waals surface area contributed by atoms with E-state index in [0.29, 0.717) is 6.42 Å². The SMILES string of the molecule is CCCCCCCCCC/C=C\CCCCCCCCCCCCCCCC(=O)NC(COC1OC(CO)C(O)C(O)C1O)C(O)/C=C/CC/C=C/CCCCCCCCCCCCCCCCC. The highest BCUT2D eigenvalue weighted by atomic mass is 16.7. The molecular weight excluding hydrogens is 863 g/mol. The Hall–Kier alpha value is -1.59. The van der Waals surface area contributed by atoms with Crippen LogP contribution in [-0.4, -0.2) is 87.5 Å². The second-order valence-electron chi connectivity index (χ2n) is 20.8. The second-order valence-corrected chi connectivity index (χ2v) is 20.8. The molecule has 0 aliphatic carbocycles. The van der Waals surface area contributed by atoms with Crippen molar-refractivity contribution in [1.82, 2.24) is 5.32 Å². The highest BCUT2D eigenvalue weighted by molar-refractivity contribution is 5.76. The molecule has 6 N–H and O–H groups in total. The summed E-state index contributed by atoms with van der Waals surface area (Å²) in [4.78, 5) is 13.1. The van der Waals surface area contributed by atoms with Crippen molar-refractivity contribution in [1.29, 1.82) is 0 Å². The maximum Gasteiger partial charge on any atom is 0.220 e. The first-order valence-electron chi connectivity index (χ1n) is 29.7. The van der Waals surface area contributed by atoms with Crippen molar-refractivity contribution in [2.75, 3.05) is 13.2 Å². The third-order valence-corrected chi connectivity index (χ3v) is 14.2. The van der Waals surface area contributed by atoms with Crippen molar-refractivity contribution in [3.63, 3.8) is 0 Å². The zero-order valence-electron chi connectivity index (χ0n) is 45.1. The van der Waals surface area contributed by atoms with Crippen molar-refractivity contribution in [3.8, 4) is 0 Å². The average Bonchev–Trinajstić information content (AvgIpc) is 3.35. The minimum Gasteiger partial charge on any atom is -0.394 e. The molecule has 0 spiro atoms. The topological polar surface area (TPSA) is 149 Å². The third-order valence-electron chi connectivity index (χ3n) is 14.2. The number of ether oxygens (including phenoxy) is 2. The number of hydrogen-bond donors (Lipinski definition) is 6. The van der Waals surface area contributed by atoms with E-state index < -0.39 is 49.5 Å². The summed E-state index contributed by atoms with van der Waals surface area (Å²) in [5.74, 6) is -0.183. The average molecular weight is 977 g/mol. The Kier molecular flexibility index (Phi) is 47.4. The van der Waals surface area contributed by atoms with E-state index in [-0.39, 0.29) is 12.5 Å². The first-order valence-corrected chi connectivity index (χ1v) is 29.7. The van der Waals surface area contributed by atoms with Gasteiger partial charge in [-0.1, -0.05) is 256 Å². The Bertz CT molecular complexity index is 1180. The standard InChI is InChI=1S/C60H113NO8/c1-3-5-7-9-11-13-15-17-19-21-23-25-26-27-28-30-32-34-36-38-40-42-44-46-48-50-56(64)61-53(52-68-60-59(67)58(66)57(65)55(51-62)69-60)54(63)49-47-45-43-41-39-37-35-33-31-29-24-22-20-18-16-14-12-10-8-6-4-2/h21,23,39,41,47,49,53-55,57-60,62-63,65-67H,3-20,22,24-38,40,42-46,48,50-52H2,1-2H3,(H,61,64)/b23-21-,41-39+,49-47+. The monoisotopic (exact) mass is 976 g/mol. The summed E-state index contributed by atoms with van der Waals surface area (Å²) in [6.07, 6.45) is 57.9. The number of carbonyl (C=O) groups is 1. The fourth-order valence-corrected chi connectivity index (χ4v) is 9.46. The van der Waals surface area contributed by atoms with Gasteiger partial charge in [0.1, 0.15) is 24.4 Å². The van der Waals surface area contributed by atoms with Gasteiger partial charge in [0.05, 0.1) is 25.4 Å². The van der Waals surface area contributed by atoms with Crippen LogP contribution >= 0.6 is 0 Å². The summed E-state index contributed by atoms with van der Waals surface area (Å²) >= 11 is 0. The van der Waals surface area contributed by atoms with Crippen LogP contribution in [0.15, 0.2) is 36.5 Å². The van der Waals surface area contributed by atoms with Crippen LogP contribution in [0.4, 0.5) is 0 Å². The van der Waals surface area contributed by atoms with Gasteiger partial charge in [-0.25, -0.2) is 0 Å². The van der Waals surface area contributed by atoms with Crippen molar-refractivity contribution >= 4 is 5.91 Å². The van der Waals surface area contributed by atoms with E-state index in [1.807, 2.05) is 6.08 Å². The fourth-order valence-electron chi connectivity index (χ4n) is 9.46. The van der Waals surface area contributed by atoms with E-state index in [4.69, 9.17) is 9.47 Å². The number of rotatable bonds is 51. The molecule has 1 amide bonds. The summed E-state index contributed by atoms with van der Waals surface area (Å²) in [6, 6.07) is -0.821. The third kappa shape index (κ3) is 39.6. The van der Waals surface area contributed by atoms with Gasteiger partial charge in [0.25, 0.3) is 0 Å². The van der Waals surface area contributed by atoms with Crippen LogP contribution < -0.4 is 5.32 Å². The number of hydrogen-bond acceptors (Lipinski definition) is 8. The molecule has 1 fully saturated rings. The van der Waals surface area contributed by atoms with Gasteiger partial charge < -0.3 is 40.3 Å². The molecule has 0 aromatic rings. The first kappa shape index (κ1) is 65.4. The maximum absolute atomic E-state index is 13.1. The molecule has 0 bridgehead atoms. The first-order chi connectivity index (χ1) is 33.8. The van der Waals surface area contributed by atoms with E-state index in [1.54, 1.807) is 6.08 Å². The molecule has 1 saturated heterocycles. The van der Waals surface area contributed by atoms with Crippen LogP contribution in [0.5, 0.6) is 0 Å². The van der Waals surface area contributed by atoms with Crippen LogP contribution in [0.3, 0.4) is 0 Å². The number of aliphatic hydroxyl groups is 5. The molecule has 0 saturated carbocycles. The van der Waals surface area contributed by atoms with Gasteiger partial charge in [0.2, 0.25) is 5.91 Å². The number of allylic oxidation sites excluding steroid dienone is 5. The lowest BCUT2D eigenvalue weighted by Crippen LogP contribution is -2.60. The molecule has 1 aliphatic rings. The van der Waals surface area contributed by atoms with E-state index in [0.717, 1.165) is 38.5 Å². The van der Waals surface area contributed by atoms with Crippen LogP contribution in [0, 0.1) is 0 Å².